The third-order valence-electron chi connectivity index (χ3n) is 8.16. The molecule has 3 aliphatic heterocycles. The van der Waals surface area contributed by atoms with Crippen LogP contribution in [0.5, 0.6) is 0 Å². The van der Waals surface area contributed by atoms with Gasteiger partial charge in [0.15, 0.2) is 0 Å². The Kier molecular flexibility index (Phi) is 8.33. The first-order valence-corrected chi connectivity index (χ1v) is 14.7. The number of anilines is 2. The highest BCUT2D eigenvalue weighted by Crippen LogP contribution is 2.60. The molecule has 2 bridgehead atoms. The largest absolute Gasteiger partial charge is 0.396 e. The van der Waals surface area contributed by atoms with Crippen molar-refractivity contribution in [1.82, 2.24) is 4.90 Å². The Bertz CT molecular complexity index is 1230. The molecule has 0 saturated carbocycles. The van der Waals surface area contributed by atoms with Crippen molar-refractivity contribution in [1.29, 1.82) is 0 Å². The van der Waals surface area contributed by atoms with Gasteiger partial charge in [0, 0.05) is 23.7 Å². The number of aliphatic hydroxyl groups excluding tert-OH is 1. The van der Waals surface area contributed by atoms with Gasteiger partial charge in [-0.1, -0.05) is 70.7 Å². The molecule has 5 rings (SSSR count). The van der Waals surface area contributed by atoms with Gasteiger partial charge < -0.3 is 25.4 Å². The normalized spacial score (nSPS) is 29.0. The van der Waals surface area contributed by atoms with Gasteiger partial charge in [0.25, 0.3) is 0 Å². The van der Waals surface area contributed by atoms with Gasteiger partial charge in [-0.25, -0.2) is 0 Å². The van der Waals surface area contributed by atoms with Crippen molar-refractivity contribution in [2.45, 2.75) is 61.6 Å². The van der Waals surface area contributed by atoms with Gasteiger partial charge in [0.2, 0.25) is 17.7 Å². The lowest BCUT2D eigenvalue weighted by atomic mass is 9.70. The topological polar surface area (TPSA) is 108 Å². The number of amides is 3. The zero-order valence-corrected chi connectivity index (χ0v) is 24.1. The van der Waals surface area contributed by atoms with Crippen molar-refractivity contribution in [3.05, 3.63) is 59.1 Å². The maximum atomic E-state index is 14.1. The van der Waals surface area contributed by atoms with Gasteiger partial charge in [0.1, 0.15) is 11.6 Å². The van der Waals surface area contributed by atoms with Crippen LogP contribution in [0.4, 0.5) is 11.4 Å². The van der Waals surface area contributed by atoms with Crippen LogP contribution < -0.4 is 10.6 Å². The van der Waals surface area contributed by atoms with Crippen LogP contribution in [0.25, 0.3) is 0 Å². The van der Waals surface area contributed by atoms with E-state index >= 15 is 0 Å². The van der Waals surface area contributed by atoms with Gasteiger partial charge in [-0.15, -0.1) is 0 Å². The lowest BCUT2D eigenvalue weighted by Crippen LogP contribution is -2.54. The summed E-state index contributed by atoms with van der Waals surface area (Å²) in [5.41, 5.74) is 0.805. The van der Waals surface area contributed by atoms with Gasteiger partial charge in [0.05, 0.1) is 28.6 Å². The first kappa shape index (κ1) is 28.1. The predicted octanol–water partition coefficient (Wildman–Crippen LogP) is 4.53. The number of carbonyl (C=O) groups excluding carboxylic acids is 3. The molecule has 3 amide bonds. The van der Waals surface area contributed by atoms with Crippen LogP contribution in [0.15, 0.2) is 48.5 Å². The van der Waals surface area contributed by atoms with E-state index in [0.29, 0.717) is 42.2 Å². The highest BCUT2D eigenvalue weighted by molar-refractivity contribution is 9.09. The predicted molar refractivity (Wildman–Crippen MR) is 153 cm³/mol. The van der Waals surface area contributed by atoms with E-state index in [4.69, 9.17) is 21.4 Å². The number of carbonyl (C=O) groups is 3. The van der Waals surface area contributed by atoms with Crippen LogP contribution in [0.1, 0.15) is 37.7 Å². The summed E-state index contributed by atoms with van der Waals surface area (Å²) in [6.45, 7) is 2.34. The van der Waals surface area contributed by atoms with Gasteiger partial charge in [-0.3, -0.25) is 14.4 Å². The van der Waals surface area contributed by atoms with Crippen LogP contribution in [-0.4, -0.2) is 63.5 Å². The van der Waals surface area contributed by atoms with Crippen LogP contribution in [0.2, 0.25) is 5.02 Å². The zero-order valence-electron chi connectivity index (χ0n) is 21.7. The third kappa shape index (κ3) is 5.10. The number of para-hydroxylation sites is 2. The standard InChI is InChI=1S/C29H33BrClN3O5/c1-17-10-9-13-20(31)23(17)33-27(37)25-29-16-19(30)24(39-29)21(26(36)32-18-11-5-4-6-12-18)22(29)28(38)34(25)14-7-2-3-8-15-35/h4-6,9-13,19,21-22,24-25,35H,2-3,7-8,14-16H2,1H3,(H,32,36)(H,33,37)/t19?,21-,22-,24-,25?,29?/m0/s1. The van der Waals surface area contributed by atoms with Crippen LogP contribution in [0.3, 0.4) is 0 Å². The highest BCUT2D eigenvalue weighted by Gasteiger charge is 2.76. The quantitative estimate of drug-likeness (QED) is 0.268. The minimum Gasteiger partial charge on any atom is -0.396 e. The monoisotopic (exact) mass is 617 g/mol. The third-order valence-corrected chi connectivity index (χ3v) is 9.32. The number of hydrogen-bond donors (Lipinski definition) is 3. The molecule has 3 heterocycles. The fourth-order valence-electron chi connectivity index (χ4n) is 6.45. The molecule has 0 aliphatic carbocycles. The van der Waals surface area contributed by atoms with E-state index in [1.807, 2.05) is 37.3 Å². The Morgan fingerprint density at radius 1 is 1.08 bits per heavy atom. The second kappa shape index (κ2) is 11.6. The SMILES string of the molecule is Cc1cccc(Cl)c1NC(=O)C1N(CCCCCCO)C(=O)[C@@H]2[C@H](C(=O)Nc3ccccc3)[C@H]3OC12CC3Br. The molecule has 0 aromatic heterocycles. The molecular weight excluding hydrogens is 586 g/mol. The number of halogens is 2. The summed E-state index contributed by atoms with van der Waals surface area (Å²) in [5, 5.41) is 15.5. The van der Waals surface area contributed by atoms with Crippen molar-refractivity contribution in [2.75, 3.05) is 23.8 Å². The Hall–Kier alpha value is -2.46. The van der Waals surface area contributed by atoms with Crippen LogP contribution >= 0.6 is 27.5 Å². The number of nitrogens with zero attached hydrogens (tertiary/aromatic N) is 1. The lowest BCUT2D eigenvalue weighted by molar-refractivity contribution is -0.139. The van der Waals surface area contributed by atoms with E-state index in [2.05, 4.69) is 26.6 Å². The van der Waals surface area contributed by atoms with Crippen molar-refractivity contribution < 1.29 is 24.2 Å². The summed E-state index contributed by atoms with van der Waals surface area (Å²) in [7, 11) is 0. The number of hydrogen-bond acceptors (Lipinski definition) is 5. The summed E-state index contributed by atoms with van der Waals surface area (Å²) >= 11 is 10.1. The van der Waals surface area contributed by atoms with Crippen molar-refractivity contribution >= 4 is 56.6 Å². The average Bonchev–Trinajstić information content (AvgIpc) is 3.50. The van der Waals surface area contributed by atoms with Crippen molar-refractivity contribution in [3.8, 4) is 0 Å². The molecular formula is C29H33BrClN3O5. The van der Waals surface area contributed by atoms with Crippen molar-refractivity contribution in [2.24, 2.45) is 11.8 Å². The molecule has 6 atom stereocenters. The maximum absolute atomic E-state index is 14.1. The fraction of sp³-hybridized carbons (Fsp3) is 0.483. The summed E-state index contributed by atoms with van der Waals surface area (Å²) in [4.78, 5) is 43.1. The Balaban J connectivity index is 1.47. The fourth-order valence-corrected chi connectivity index (χ4v) is 7.66. The molecule has 10 heteroatoms. The van der Waals surface area contributed by atoms with E-state index in [9.17, 15) is 14.4 Å². The minimum absolute atomic E-state index is 0.121. The number of alkyl halides is 1. The van der Waals surface area contributed by atoms with Crippen LogP contribution in [0, 0.1) is 18.8 Å². The summed E-state index contributed by atoms with van der Waals surface area (Å²) in [6, 6.07) is 13.6. The summed E-state index contributed by atoms with van der Waals surface area (Å²) in [6.07, 6.45) is 2.89. The van der Waals surface area contributed by atoms with Gasteiger partial charge in [-0.05, 0) is 49.9 Å². The molecule has 2 aromatic carbocycles. The number of rotatable bonds is 10. The van der Waals surface area contributed by atoms with E-state index in [1.165, 1.54) is 0 Å². The molecule has 3 aliphatic rings. The van der Waals surface area contributed by atoms with Gasteiger partial charge >= 0.3 is 0 Å². The molecule has 8 nitrogen and oxygen atoms in total. The number of fused-ring (bicyclic) bond motifs is 1. The Morgan fingerprint density at radius 2 is 1.82 bits per heavy atom. The number of benzene rings is 2. The maximum Gasteiger partial charge on any atom is 0.250 e. The molecule has 3 unspecified atom stereocenters. The number of nitrogens with one attached hydrogen (secondary N) is 2. The second-order valence-electron chi connectivity index (χ2n) is 10.6. The Morgan fingerprint density at radius 3 is 2.54 bits per heavy atom. The van der Waals surface area contributed by atoms with E-state index in [-0.39, 0.29) is 29.2 Å². The Labute approximate surface area is 241 Å². The first-order valence-electron chi connectivity index (χ1n) is 13.4. The van der Waals surface area contributed by atoms with Crippen LogP contribution in [-0.2, 0) is 19.1 Å². The zero-order chi connectivity index (χ0) is 27.7. The number of aliphatic hydroxyl groups is 1. The number of ether oxygens (including phenoxy) is 1. The van der Waals surface area contributed by atoms with E-state index in [1.54, 1.807) is 23.1 Å². The molecule has 0 radical (unpaired) electrons. The highest BCUT2D eigenvalue weighted by atomic mass is 79.9. The van der Waals surface area contributed by atoms with Gasteiger partial charge in [-0.2, -0.15) is 0 Å². The molecule has 3 saturated heterocycles. The smallest absolute Gasteiger partial charge is 0.250 e. The first-order chi connectivity index (χ1) is 18.8. The lowest BCUT2D eigenvalue weighted by Gasteiger charge is -2.34. The summed E-state index contributed by atoms with van der Waals surface area (Å²) < 4.78 is 6.55. The molecule has 39 heavy (non-hydrogen) atoms. The van der Waals surface area contributed by atoms with E-state index < -0.39 is 29.6 Å². The van der Waals surface area contributed by atoms with E-state index in [0.717, 1.165) is 18.4 Å². The van der Waals surface area contributed by atoms with Crippen molar-refractivity contribution in [3.63, 3.8) is 0 Å². The second-order valence-corrected chi connectivity index (χ2v) is 12.2. The molecule has 2 aromatic rings. The molecule has 3 fully saturated rings. The minimum atomic E-state index is -1.14. The average molecular weight is 619 g/mol. The number of unbranched alkanes of at least 4 members (excludes halogenated alkanes) is 3. The molecule has 208 valence electrons. The molecule has 3 N–H and O–H groups in total. The number of aryl methyl sites for hydroxylation is 1. The number of likely N-dealkylation sites (tertiary alicyclic amines) is 1. The summed E-state index contributed by atoms with van der Waals surface area (Å²) in [5.74, 6) is -2.42. The molecule has 1 spiro atoms.